The molecule has 0 heterocycles. The van der Waals surface area contributed by atoms with Gasteiger partial charge in [-0.2, -0.15) is 0 Å². The van der Waals surface area contributed by atoms with E-state index >= 15 is 0 Å². The zero-order chi connectivity index (χ0) is 14.7. The summed E-state index contributed by atoms with van der Waals surface area (Å²) in [6.45, 7) is 7.24. The number of nitrogens with one attached hydrogen (secondary N) is 1. The number of hydrogen-bond acceptors (Lipinski definition) is 3. The topological polar surface area (TPSA) is 75.6 Å². The van der Waals surface area contributed by atoms with Gasteiger partial charge in [0, 0.05) is 6.04 Å². The van der Waals surface area contributed by atoms with Gasteiger partial charge in [-0.05, 0) is 53.4 Å². The zero-order valence-corrected chi connectivity index (χ0v) is 12.3. The van der Waals surface area contributed by atoms with Crippen LogP contribution < -0.4 is 5.32 Å². The molecule has 1 aliphatic rings. The molecular weight excluding hydrogens is 246 g/mol. The molecule has 0 aliphatic heterocycles. The van der Waals surface area contributed by atoms with Crippen molar-refractivity contribution >= 4 is 12.1 Å². The molecule has 1 saturated carbocycles. The van der Waals surface area contributed by atoms with Gasteiger partial charge in [-0.3, -0.25) is 4.79 Å². The molecule has 1 rings (SSSR count). The highest BCUT2D eigenvalue weighted by Crippen LogP contribution is 2.34. The average Bonchev–Trinajstić information content (AvgIpc) is 2.39. The van der Waals surface area contributed by atoms with Crippen molar-refractivity contribution in [3.8, 4) is 0 Å². The van der Waals surface area contributed by atoms with E-state index in [0.29, 0.717) is 19.3 Å². The first kappa shape index (κ1) is 15.8. The third-order valence-electron chi connectivity index (χ3n) is 3.56. The predicted octanol–water partition coefficient (Wildman–Crippen LogP) is 2.93. The van der Waals surface area contributed by atoms with Crippen LogP contribution in [0.2, 0.25) is 0 Å². The zero-order valence-electron chi connectivity index (χ0n) is 12.3. The van der Waals surface area contributed by atoms with E-state index in [9.17, 15) is 14.7 Å². The van der Waals surface area contributed by atoms with Crippen molar-refractivity contribution in [1.29, 1.82) is 0 Å². The largest absolute Gasteiger partial charge is 0.481 e. The van der Waals surface area contributed by atoms with E-state index in [-0.39, 0.29) is 6.04 Å². The summed E-state index contributed by atoms with van der Waals surface area (Å²) >= 11 is 0. The number of carboxylic acid groups (broad SMARTS) is 1. The third kappa shape index (κ3) is 5.09. The van der Waals surface area contributed by atoms with Crippen LogP contribution >= 0.6 is 0 Å². The molecule has 2 unspecified atom stereocenters. The summed E-state index contributed by atoms with van der Waals surface area (Å²) in [6.07, 6.45) is 3.13. The highest BCUT2D eigenvalue weighted by Gasteiger charge is 2.35. The second-order valence-corrected chi connectivity index (χ2v) is 6.64. The molecule has 2 atom stereocenters. The van der Waals surface area contributed by atoms with Crippen LogP contribution in [-0.4, -0.2) is 28.8 Å². The molecule has 19 heavy (non-hydrogen) atoms. The first-order valence-electron chi connectivity index (χ1n) is 6.85. The van der Waals surface area contributed by atoms with Crippen LogP contribution in [0.3, 0.4) is 0 Å². The molecule has 1 amide bonds. The summed E-state index contributed by atoms with van der Waals surface area (Å²) in [5.41, 5.74) is -1.17. The lowest BCUT2D eigenvalue weighted by Gasteiger charge is -2.24. The van der Waals surface area contributed by atoms with E-state index in [0.717, 1.165) is 12.8 Å². The van der Waals surface area contributed by atoms with Crippen LogP contribution in [0.4, 0.5) is 4.79 Å². The first-order valence-corrected chi connectivity index (χ1v) is 6.85. The van der Waals surface area contributed by atoms with Crippen molar-refractivity contribution in [1.82, 2.24) is 5.32 Å². The maximum atomic E-state index is 11.7. The van der Waals surface area contributed by atoms with Gasteiger partial charge >= 0.3 is 12.1 Å². The van der Waals surface area contributed by atoms with E-state index in [1.807, 2.05) is 20.8 Å². The molecule has 1 aliphatic carbocycles. The Kier molecular flexibility index (Phi) is 4.82. The van der Waals surface area contributed by atoms with Crippen molar-refractivity contribution in [3.05, 3.63) is 0 Å². The van der Waals surface area contributed by atoms with Gasteiger partial charge in [-0.1, -0.05) is 6.42 Å². The quantitative estimate of drug-likeness (QED) is 0.757. The van der Waals surface area contributed by atoms with Crippen LogP contribution in [0.25, 0.3) is 0 Å². The van der Waals surface area contributed by atoms with Gasteiger partial charge in [0.2, 0.25) is 0 Å². The van der Waals surface area contributed by atoms with Gasteiger partial charge in [-0.25, -0.2) is 4.79 Å². The van der Waals surface area contributed by atoms with E-state index in [1.54, 1.807) is 6.92 Å². The maximum absolute atomic E-state index is 11.7. The van der Waals surface area contributed by atoms with E-state index in [2.05, 4.69) is 5.32 Å². The highest BCUT2D eigenvalue weighted by atomic mass is 16.6. The van der Waals surface area contributed by atoms with Gasteiger partial charge in [-0.15, -0.1) is 0 Å². The summed E-state index contributed by atoms with van der Waals surface area (Å²) in [5.74, 6) is -0.745. The fraction of sp³-hybridized carbons (Fsp3) is 0.857. The summed E-state index contributed by atoms with van der Waals surface area (Å²) in [4.78, 5) is 22.9. The number of carbonyl (C=O) groups is 2. The van der Waals surface area contributed by atoms with Gasteiger partial charge in [0.1, 0.15) is 5.60 Å². The Morgan fingerprint density at radius 3 is 2.42 bits per heavy atom. The number of amides is 1. The van der Waals surface area contributed by atoms with Crippen LogP contribution in [0, 0.1) is 5.41 Å². The minimum absolute atomic E-state index is 0.0102. The second-order valence-electron chi connectivity index (χ2n) is 6.64. The molecule has 2 N–H and O–H groups in total. The Hall–Kier alpha value is -1.26. The van der Waals surface area contributed by atoms with Crippen molar-refractivity contribution in [2.45, 2.75) is 71.4 Å². The van der Waals surface area contributed by atoms with Crippen molar-refractivity contribution < 1.29 is 19.4 Å². The minimum Gasteiger partial charge on any atom is -0.481 e. The normalized spacial score (nSPS) is 28.3. The van der Waals surface area contributed by atoms with Gasteiger partial charge in [0.15, 0.2) is 0 Å². The Balaban J connectivity index is 2.50. The first-order chi connectivity index (χ1) is 8.62. The fourth-order valence-corrected chi connectivity index (χ4v) is 2.33. The van der Waals surface area contributed by atoms with Crippen LogP contribution in [0.1, 0.15) is 59.8 Å². The lowest BCUT2D eigenvalue weighted by atomic mass is 9.83. The lowest BCUT2D eigenvalue weighted by Crippen LogP contribution is -2.39. The van der Waals surface area contributed by atoms with Crippen LogP contribution in [-0.2, 0) is 9.53 Å². The van der Waals surface area contributed by atoms with Crippen LogP contribution in [0.5, 0.6) is 0 Å². The number of alkyl carbamates (subject to hydrolysis) is 1. The van der Waals surface area contributed by atoms with Gasteiger partial charge < -0.3 is 15.2 Å². The molecule has 0 aromatic heterocycles. The Bertz CT molecular complexity index is 348. The lowest BCUT2D eigenvalue weighted by molar-refractivity contribution is -0.148. The standard InChI is InChI=1S/C14H25NO4/c1-13(2,3)19-12(18)15-10-6-5-8-14(4,9-7-10)11(16)17/h10H,5-9H2,1-4H3,(H,15,18)(H,16,17). The minimum atomic E-state index is -0.745. The number of carbonyl (C=O) groups excluding carboxylic acids is 1. The second kappa shape index (κ2) is 5.80. The molecule has 0 saturated heterocycles. The number of hydrogen-bond donors (Lipinski definition) is 2. The van der Waals surface area contributed by atoms with Crippen molar-refractivity contribution in [2.24, 2.45) is 5.41 Å². The Labute approximate surface area is 114 Å². The molecule has 0 spiro atoms. The van der Waals surface area contributed by atoms with Crippen molar-refractivity contribution in [3.63, 3.8) is 0 Å². The van der Waals surface area contributed by atoms with Gasteiger partial charge in [0.05, 0.1) is 5.41 Å². The van der Waals surface area contributed by atoms with Gasteiger partial charge in [0.25, 0.3) is 0 Å². The molecule has 5 nitrogen and oxygen atoms in total. The number of aliphatic carboxylic acids is 1. The molecule has 0 aromatic carbocycles. The van der Waals surface area contributed by atoms with Crippen molar-refractivity contribution in [2.75, 3.05) is 0 Å². The van der Waals surface area contributed by atoms with E-state index in [1.165, 1.54) is 0 Å². The molecule has 110 valence electrons. The van der Waals surface area contributed by atoms with E-state index < -0.39 is 23.1 Å². The number of ether oxygens (including phenoxy) is 1. The molecule has 0 aromatic rings. The monoisotopic (exact) mass is 271 g/mol. The van der Waals surface area contributed by atoms with E-state index in [4.69, 9.17) is 4.74 Å². The summed E-state index contributed by atoms with van der Waals surface area (Å²) < 4.78 is 5.21. The number of rotatable bonds is 2. The fourth-order valence-electron chi connectivity index (χ4n) is 2.33. The van der Waals surface area contributed by atoms with Crippen LogP contribution in [0.15, 0.2) is 0 Å². The highest BCUT2D eigenvalue weighted by molar-refractivity contribution is 5.74. The molecule has 5 heteroatoms. The smallest absolute Gasteiger partial charge is 0.407 e. The molecule has 0 bridgehead atoms. The maximum Gasteiger partial charge on any atom is 0.407 e. The Morgan fingerprint density at radius 1 is 1.26 bits per heavy atom. The number of carboxylic acids is 1. The summed E-state index contributed by atoms with van der Waals surface area (Å²) in [7, 11) is 0. The molecular formula is C14H25NO4. The Morgan fingerprint density at radius 2 is 1.89 bits per heavy atom. The molecule has 0 radical (unpaired) electrons. The summed E-state index contributed by atoms with van der Waals surface area (Å²) in [5, 5.41) is 12.1. The summed E-state index contributed by atoms with van der Waals surface area (Å²) in [6, 6.07) is 0.0102. The average molecular weight is 271 g/mol. The molecule has 1 fully saturated rings. The third-order valence-corrected chi connectivity index (χ3v) is 3.56. The predicted molar refractivity (Wildman–Crippen MR) is 72.0 cm³/mol. The SMILES string of the molecule is CC(C)(C)OC(=O)NC1CCCC(C)(C(=O)O)CC1.